The summed E-state index contributed by atoms with van der Waals surface area (Å²) in [5, 5.41) is 0.718. The van der Waals surface area contributed by atoms with Gasteiger partial charge < -0.3 is 10.6 Å². The van der Waals surface area contributed by atoms with Crippen molar-refractivity contribution in [2.75, 3.05) is 11.4 Å². The van der Waals surface area contributed by atoms with Crippen LogP contribution >= 0.6 is 11.6 Å². The molecular weight excluding hydrogens is 234 g/mol. The fourth-order valence-corrected chi connectivity index (χ4v) is 2.76. The normalized spacial score (nSPS) is 25.1. The summed E-state index contributed by atoms with van der Waals surface area (Å²) in [6, 6.07) is 2.38. The highest BCUT2D eigenvalue weighted by molar-refractivity contribution is 6.33. The minimum atomic E-state index is 0.464. The van der Waals surface area contributed by atoms with Crippen LogP contribution in [-0.2, 0) is 6.54 Å². The standard InChI is InChI=1S/C13H20ClN3/c1-9-4-3-7-17(10(9)2)13-12(14)11(8-15)5-6-16-13/h5-6,9-10H,3-4,7-8,15H2,1-2H3. The quantitative estimate of drug-likeness (QED) is 0.881. The maximum atomic E-state index is 6.37. The van der Waals surface area contributed by atoms with Gasteiger partial charge in [-0.1, -0.05) is 18.5 Å². The van der Waals surface area contributed by atoms with Gasteiger partial charge in [0.1, 0.15) is 5.82 Å². The van der Waals surface area contributed by atoms with Gasteiger partial charge in [-0.3, -0.25) is 0 Å². The first kappa shape index (κ1) is 12.7. The van der Waals surface area contributed by atoms with Crippen molar-refractivity contribution in [2.45, 2.75) is 39.3 Å². The Labute approximate surface area is 108 Å². The lowest BCUT2D eigenvalue weighted by Crippen LogP contribution is -2.43. The topological polar surface area (TPSA) is 42.2 Å². The van der Waals surface area contributed by atoms with Crippen molar-refractivity contribution >= 4 is 17.4 Å². The fraction of sp³-hybridized carbons (Fsp3) is 0.615. The summed E-state index contributed by atoms with van der Waals surface area (Å²) in [5.41, 5.74) is 6.65. The van der Waals surface area contributed by atoms with Crippen LogP contribution in [0.4, 0.5) is 5.82 Å². The van der Waals surface area contributed by atoms with Gasteiger partial charge in [-0.2, -0.15) is 0 Å². The van der Waals surface area contributed by atoms with E-state index in [4.69, 9.17) is 17.3 Å². The van der Waals surface area contributed by atoms with Crippen molar-refractivity contribution < 1.29 is 0 Å². The Kier molecular flexibility index (Phi) is 3.89. The number of rotatable bonds is 2. The molecule has 2 rings (SSSR count). The molecule has 2 unspecified atom stereocenters. The van der Waals surface area contributed by atoms with Crippen LogP contribution in [0.25, 0.3) is 0 Å². The number of anilines is 1. The van der Waals surface area contributed by atoms with E-state index in [-0.39, 0.29) is 0 Å². The average Bonchev–Trinajstić information content (AvgIpc) is 2.33. The Morgan fingerprint density at radius 3 is 3.00 bits per heavy atom. The number of hydrogen-bond donors (Lipinski definition) is 1. The first-order valence-electron chi connectivity index (χ1n) is 6.25. The molecular formula is C13H20ClN3. The highest BCUT2D eigenvalue weighted by atomic mass is 35.5. The van der Waals surface area contributed by atoms with Gasteiger partial charge >= 0.3 is 0 Å². The summed E-state index contributed by atoms with van der Waals surface area (Å²) in [6.45, 7) is 6.03. The number of pyridine rings is 1. The van der Waals surface area contributed by atoms with Crippen LogP contribution < -0.4 is 10.6 Å². The first-order valence-corrected chi connectivity index (χ1v) is 6.63. The third-order valence-corrected chi connectivity index (χ3v) is 4.23. The Bertz CT molecular complexity index is 394. The molecule has 2 N–H and O–H groups in total. The van der Waals surface area contributed by atoms with Crippen LogP contribution in [0.2, 0.25) is 5.02 Å². The van der Waals surface area contributed by atoms with Crippen molar-refractivity contribution in [3.8, 4) is 0 Å². The monoisotopic (exact) mass is 253 g/mol. The zero-order valence-corrected chi connectivity index (χ0v) is 11.2. The Morgan fingerprint density at radius 2 is 2.29 bits per heavy atom. The van der Waals surface area contributed by atoms with Crippen molar-refractivity contribution in [1.82, 2.24) is 4.98 Å². The summed E-state index contributed by atoms with van der Waals surface area (Å²) in [4.78, 5) is 6.75. The van der Waals surface area contributed by atoms with E-state index in [1.807, 2.05) is 6.07 Å². The summed E-state index contributed by atoms with van der Waals surface area (Å²) in [7, 11) is 0. The van der Waals surface area contributed by atoms with Crippen molar-refractivity contribution in [3.05, 3.63) is 22.8 Å². The summed E-state index contributed by atoms with van der Waals surface area (Å²) in [6.07, 6.45) is 4.29. The lowest BCUT2D eigenvalue weighted by Gasteiger charge is -2.39. The number of hydrogen-bond acceptors (Lipinski definition) is 3. The Morgan fingerprint density at radius 1 is 1.53 bits per heavy atom. The fourth-order valence-electron chi connectivity index (χ4n) is 2.46. The van der Waals surface area contributed by atoms with Gasteiger partial charge in [0.05, 0.1) is 5.02 Å². The highest BCUT2D eigenvalue weighted by Gasteiger charge is 2.27. The maximum Gasteiger partial charge on any atom is 0.147 e. The number of nitrogens with zero attached hydrogens (tertiary/aromatic N) is 2. The van der Waals surface area contributed by atoms with Crippen LogP contribution in [0.3, 0.4) is 0 Å². The van der Waals surface area contributed by atoms with Gasteiger partial charge in [0.2, 0.25) is 0 Å². The second-order valence-electron chi connectivity index (χ2n) is 4.87. The van der Waals surface area contributed by atoms with Crippen LogP contribution in [0.5, 0.6) is 0 Å². The molecule has 4 heteroatoms. The lowest BCUT2D eigenvalue weighted by molar-refractivity contribution is 0.361. The smallest absolute Gasteiger partial charge is 0.147 e. The number of piperidine rings is 1. The van der Waals surface area contributed by atoms with E-state index in [0.717, 1.165) is 22.9 Å². The van der Waals surface area contributed by atoms with E-state index in [2.05, 4.69) is 23.7 Å². The molecule has 1 aliphatic rings. The molecule has 1 saturated heterocycles. The molecule has 1 aliphatic heterocycles. The lowest BCUT2D eigenvalue weighted by atomic mass is 9.92. The predicted octanol–water partition coefficient (Wildman–Crippen LogP) is 2.82. The molecule has 2 atom stereocenters. The molecule has 0 bridgehead atoms. The molecule has 2 heterocycles. The number of nitrogens with two attached hydrogens (primary N) is 1. The molecule has 0 amide bonds. The van der Waals surface area contributed by atoms with E-state index in [1.54, 1.807) is 6.20 Å². The van der Waals surface area contributed by atoms with Gasteiger partial charge in [0.25, 0.3) is 0 Å². The van der Waals surface area contributed by atoms with Crippen LogP contribution in [0, 0.1) is 5.92 Å². The van der Waals surface area contributed by atoms with Crippen LogP contribution in [0.1, 0.15) is 32.3 Å². The number of halogens is 1. The predicted molar refractivity (Wildman–Crippen MR) is 72.3 cm³/mol. The molecule has 0 aliphatic carbocycles. The number of aromatic nitrogens is 1. The van der Waals surface area contributed by atoms with Crippen molar-refractivity contribution in [2.24, 2.45) is 11.7 Å². The molecule has 0 radical (unpaired) electrons. The maximum absolute atomic E-state index is 6.37. The average molecular weight is 254 g/mol. The third kappa shape index (κ3) is 2.40. The first-order chi connectivity index (χ1) is 8.15. The molecule has 1 fully saturated rings. The Hall–Kier alpha value is -0.800. The van der Waals surface area contributed by atoms with E-state index in [0.29, 0.717) is 18.5 Å². The minimum absolute atomic E-state index is 0.464. The summed E-state index contributed by atoms with van der Waals surface area (Å²) in [5.74, 6) is 1.58. The van der Waals surface area contributed by atoms with E-state index in [1.165, 1.54) is 12.8 Å². The van der Waals surface area contributed by atoms with Gasteiger partial charge in [0, 0.05) is 25.3 Å². The zero-order chi connectivity index (χ0) is 12.4. The van der Waals surface area contributed by atoms with Crippen LogP contribution in [-0.4, -0.2) is 17.6 Å². The zero-order valence-electron chi connectivity index (χ0n) is 10.5. The van der Waals surface area contributed by atoms with Crippen molar-refractivity contribution in [3.63, 3.8) is 0 Å². The molecule has 0 aromatic carbocycles. The molecule has 0 spiro atoms. The SMILES string of the molecule is CC1CCCN(c2nccc(CN)c2Cl)C1C. The highest BCUT2D eigenvalue weighted by Crippen LogP contribution is 2.33. The van der Waals surface area contributed by atoms with E-state index >= 15 is 0 Å². The van der Waals surface area contributed by atoms with Gasteiger partial charge in [-0.15, -0.1) is 0 Å². The Balaban J connectivity index is 2.33. The molecule has 0 saturated carbocycles. The summed E-state index contributed by atoms with van der Waals surface area (Å²) >= 11 is 6.37. The van der Waals surface area contributed by atoms with E-state index < -0.39 is 0 Å². The molecule has 1 aromatic heterocycles. The summed E-state index contributed by atoms with van der Waals surface area (Å²) < 4.78 is 0. The molecule has 1 aromatic rings. The van der Waals surface area contributed by atoms with Crippen molar-refractivity contribution in [1.29, 1.82) is 0 Å². The minimum Gasteiger partial charge on any atom is -0.352 e. The largest absolute Gasteiger partial charge is 0.352 e. The second-order valence-corrected chi connectivity index (χ2v) is 5.24. The third-order valence-electron chi connectivity index (χ3n) is 3.82. The van der Waals surface area contributed by atoms with E-state index in [9.17, 15) is 0 Å². The molecule has 94 valence electrons. The molecule has 3 nitrogen and oxygen atoms in total. The van der Waals surface area contributed by atoms with Gasteiger partial charge in [-0.25, -0.2) is 4.98 Å². The van der Waals surface area contributed by atoms with Gasteiger partial charge in [0.15, 0.2) is 0 Å². The second kappa shape index (κ2) is 5.23. The molecule has 17 heavy (non-hydrogen) atoms. The van der Waals surface area contributed by atoms with Crippen LogP contribution in [0.15, 0.2) is 12.3 Å². The van der Waals surface area contributed by atoms with Gasteiger partial charge in [-0.05, 0) is 37.3 Å².